The van der Waals surface area contributed by atoms with Crippen LogP contribution in [-0.4, -0.2) is 59.3 Å². The number of hydrogen-bond donors (Lipinski definition) is 0. The number of carbonyl (C=O) groups excluding carboxylic acids is 1. The van der Waals surface area contributed by atoms with Gasteiger partial charge in [-0.15, -0.1) is 0 Å². The highest BCUT2D eigenvalue weighted by Gasteiger charge is 2.32. The molecule has 0 spiro atoms. The molecule has 0 N–H and O–H groups in total. The van der Waals surface area contributed by atoms with Crippen LogP contribution in [0.4, 0.5) is 0 Å². The Balaban J connectivity index is 1.37. The second kappa shape index (κ2) is 9.20. The fourth-order valence-corrected chi connectivity index (χ4v) is 5.80. The lowest BCUT2D eigenvalue weighted by Crippen LogP contribution is -2.50. The molecule has 0 atom stereocenters. The maximum atomic E-state index is 13.0. The Kier molecular flexibility index (Phi) is 6.36. The summed E-state index contributed by atoms with van der Waals surface area (Å²) in [4.78, 5) is 18.6. The molecule has 11 heteroatoms. The van der Waals surface area contributed by atoms with Gasteiger partial charge < -0.3 is 13.9 Å². The van der Waals surface area contributed by atoms with E-state index in [1.54, 1.807) is 35.4 Å². The summed E-state index contributed by atoms with van der Waals surface area (Å²) < 4.78 is 34.8. The van der Waals surface area contributed by atoms with Crippen LogP contribution in [0.1, 0.15) is 21.9 Å². The molecule has 4 rings (SSSR count). The molecule has 3 aromatic rings. The second-order valence-electron chi connectivity index (χ2n) is 7.18. The Bertz CT molecular complexity index is 1270. The molecule has 0 bridgehead atoms. The first-order valence-corrected chi connectivity index (χ1v) is 12.3. The monoisotopic (exact) mass is 471 g/mol. The van der Waals surface area contributed by atoms with Gasteiger partial charge in [0.25, 0.3) is 5.91 Å². The predicted molar refractivity (Wildman–Crippen MR) is 117 cm³/mol. The van der Waals surface area contributed by atoms with Crippen molar-refractivity contribution in [2.24, 2.45) is 7.05 Å². The van der Waals surface area contributed by atoms with Crippen molar-refractivity contribution in [2.75, 3.05) is 26.2 Å². The van der Waals surface area contributed by atoms with E-state index < -0.39 is 10.0 Å². The first kappa shape index (κ1) is 22.1. The number of rotatable bonds is 6. The minimum atomic E-state index is -3.81. The quantitative estimate of drug-likeness (QED) is 0.507. The smallest absolute Gasteiger partial charge is 0.289 e. The van der Waals surface area contributed by atoms with Crippen molar-refractivity contribution in [1.82, 2.24) is 18.8 Å². The number of hydrogen-bond acceptors (Lipinski definition) is 7. The lowest BCUT2D eigenvalue weighted by atomic mass is 10.2. The molecule has 166 valence electrons. The van der Waals surface area contributed by atoms with Gasteiger partial charge in [0.05, 0.1) is 16.2 Å². The Hall–Kier alpha value is -3.07. The number of imidazole rings is 1. The Morgan fingerprint density at radius 1 is 1.19 bits per heavy atom. The summed E-state index contributed by atoms with van der Waals surface area (Å²) >= 11 is 1.51. The summed E-state index contributed by atoms with van der Waals surface area (Å²) in [5.41, 5.74) is 0.109. The van der Waals surface area contributed by atoms with Crippen molar-refractivity contribution in [3.63, 3.8) is 0 Å². The minimum absolute atomic E-state index is 0.0110. The molecule has 0 aliphatic carbocycles. The number of piperazine rings is 1. The zero-order chi connectivity index (χ0) is 22.7. The molecule has 1 aromatic carbocycles. The molecule has 1 amide bonds. The molecule has 2 aromatic heterocycles. The molecule has 0 saturated carbocycles. The Labute approximate surface area is 190 Å². The number of nitrogens with zero attached hydrogens (tertiary/aromatic N) is 5. The normalized spacial score (nSPS) is 14.9. The average Bonchev–Trinajstić information content (AvgIpc) is 3.46. The lowest BCUT2D eigenvalue weighted by Gasteiger charge is -2.33. The van der Waals surface area contributed by atoms with Crippen LogP contribution in [0.15, 0.2) is 63.3 Å². The molecule has 1 aliphatic heterocycles. The van der Waals surface area contributed by atoms with Crippen LogP contribution in [0.2, 0.25) is 0 Å². The summed E-state index contributed by atoms with van der Waals surface area (Å²) in [6, 6.07) is 11.5. The first-order valence-electron chi connectivity index (χ1n) is 9.87. The van der Waals surface area contributed by atoms with Gasteiger partial charge >= 0.3 is 0 Å². The van der Waals surface area contributed by atoms with Crippen LogP contribution >= 0.6 is 11.8 Å². The van der Waals surface area contributed by atoms with E-state index in [0.717, 1.165) is 5.16 Å². The van der Waals surface area contributed by atoms with Gasteiger partial charge in [0.15, 0.2) is 10.9 Å². The number of furan rings is 1. The number of sulfonamides is 1. The van der Waals surface area contributed by atoms with Crippen molar-refractivity contribution in [2.45, 2.75) is 15.8 Å². The van der Waals surface area contributed by atoms with Crippen LogP contribution in [0, 0.1) is 11.3 Å². The van der Waals surface area contributed by atoms with E-state index >= 15 is 0 Å². The number of benzene rings is 1. The van der Waals surface area contributed by atoms with E-state index in [-0.39, 0.29) is 48.3 Å². The fraction of sp³-hybridized carbons (Fsp3) is 0.286. The lowest BCUT2D eigenvalue weighted by molar-refractivity contribution is 0.0664. The summed E-state index contributed by atoms with van der Waals surface area (Å²) in [5, 5.41) is 10.1. The van der Waals surface area contributed by atoms with Gasteiger partial charge in [-0.25, -0.2) is 13.4 Å². The van der Waals surface area contributed by atoms with E-state index in [1.165, 1.54) is 28.2 Å². The largest absolute Gasteiger partial charge is 0.455 e. The minimum Gasteiger partial charge on any atom is -0.455 e. The van der Waals surface area contributed by atoms with Gasteiger partial charge in [-0.3, -0.25) is 4.79 Å². The van der Waals surface area contributed by atoms with Gasteiger partial charge in [0.2, 0.25) is 10.0 Å². The number of nitriles is 1. The van der Waals surface area contributed by atoms with Crippen LogP contribution in [0.5, 0.6) is 0 Å². The molecule has 32 heavy (non-hydrogen) atoms. The van der Waals surface area contributed by atoms with Crippen LogP contribution in [0.3, 0.4) is 0 Å². The van der Waals surface area contributed by atoms with E-state index in [1.807, 2.05) is 23.9 Å². The molecule has 1 fully saturated rings. The third kappa shape index (κ3) is 4.43. The number of carbonyl (C=O) groups is 1. The fourth-order valence-electron chi connectivity index (χ4n) is 3.41. The zero-order valence-corrected chi connectivity index (χ0v) is 19.0. The van der Waals surface area contributed by atoms with E-state index in [9.17, 15) is 18.5 Å². The van der Waals surface area contributed by atoms with Crippen molar-refractivity contribution < 1.29 is 17.6 Å². The predicted octanol–water partition coefficient (Wildman–Crippen LogP) is 2.32. The van der Waals surface area contributed by atoms with Crippen LogP contribution in [0.25, 0.3) is 0 Å². The highest BCUT2D eigenvalue weighted by atomic mass is 32.2. The second-order valence-corrected chi connectivity index (χ2v) is 10.0. The topological polar surface area (TPSA) is 112 Å². The van der Waals surface area contributed by atoms with Gasteiger partial charge in [-0.05, 0) is 24.3 Å². The summed E-state index contributed by atoms with van der Waals surface area (Å²) in [6.07, 6.45) is 3.58. The first-order chi connectivity index (χ1) is 15.4. The Morgan fingerprint density at radius 3 is 2.62 bits per heavy atom. The standard InChI is InChI=1S/C21H21N5O4S2/c1-24-9-8-23-21(24)31-15-17-6-7-18(30-17)20(27)25-10-12-26(13-11-25)32(28,29)19-5-3-2-4-16(19)14-22/h2-9H,10-13,15H2,1H3. The highest BCUT2D eigenvalue weighted by molar-refractivity contribution is 7.98. The molecular formula is C21H21N5O4S2. The van der Waals surface area contributed by atoms with E-state index in [4.69, 9.17) is 4.42 Å². The molecule has 1 saturated heterocycles. The SMILES string of the molecule is Cn1ccnc1SCc1ccc(C(=O)N2CCN(S(=O)(=O)c3ccccc3C#N)CC2)o1. The third-order valence-electron chi connectivity index (χ3n) is 5.14. The van der Waals surface area contributed by atoms with Crippen LogP contribution in [-0.2, 0) is 22.8 Å². The van der Waals surface area contributed by atoms with Crippen molar-refractivity contribution in [1.29, 1.82) is 5.26 Å². The molecule has 1 aliphatic rings. The third-order valence-corrected chi connectivity index (χ3v) is 8.18. The van der Waals surface area contributed by atoms with E-state index in [0.29, 0.717) is 11.5 Å². The maximum absolute atomic E-state index is 13.0. The van der Waals surface area contributed by atoms with Crippen LogP contribution < -0.4 is 0 Å². The summed E-state index contributed by atoms with van der Waals surface area (Å²) in [6.45, 7) is 0.780. The number of thioether (sulfide) groups is 1. The number of amides is 1. The van der Waals surface area contributed by atoms with Crippen molar-refractivity contribution in [3.05, 3.63) is 65.9 Å². The Morgan fingerprint density at radius 2 is 1.94 bits per heavy atom. The molecule has 0 radical (unpaired) electrons. The highest BCUT2D eigenvalue weighted by Crippen LogP contribution is 2.24. The van der Waals surface area contributed by atoms with Crippen molar-refractivity contribution in [3.8, 4) is 6.07 Å². The molecule has 3 heterocycles. The van der Waals surface area contributed by atoms with Crippen molar-refractivity contribution >= 4 is 27.7 Å². The molecule has 9 nitrogen and oxygen atoms in total. The average molecular weight is 472 g/mol. The van der Waals surface area contributed by atoms with Gasteiger partial charge in [0.1, 0.15) is 11.8 Å². The van der Waals surface area contributed by atoms with Gasteiger partial charge in [-0.1, -0.05) is 23.9 Å². The maximum Gasteiger partial charge on any atom is 0.289 e. The van der Waals surface area contributed by atoms with Gasteiger partial charge in [-0.2, -0.15) is 9.57 Å². The molecule has 0 unspecified atom stereocenters. The zero-order valence-electron chi connectivity index (χ0n) is 17.3. The van der Waals surface area contributed by atoms with Gasteiger partial charge in [0, 0.05) is 45.6 Å². The van der Waals surface area contributed by atoms with E-state index in [2.05, 4.69) is 4.98 Å². The number of aryl methyl sites for hydroxylation is 1. The number of aromatic nitrogens is 2. The molecular weight excluding hydrogens is 450 g/mol. The summed E-state index contributed by atoms with van der Waals surface area (Å²) in [7, 11) is -1.90. The summed E-state index contributed by atoms with van der Waals surface area (Å²) in [5.74, 6) is 1.16.